The molecule has 21 heavy (non-hydrogen) atoms. The van der Waals surface area contributed by atoms with Crippen LogP contribution in [0.1, 0.15) is 24.8 Å². The maximum atomic E-state index is 12.3. The zero-order valence-corrected chi connectivity index (χ0v) is 12.3. The minimum Gasteiger partial charge on any atom is -0.342 e. The van der Waals surface area contributed by atoms with Crippen LogP contribution in [-0.4, -0.2) is 41.3 Å². The van der Waals surface area contributed by atoms with Crippen LogP contribution in [0.2, 0.25) is 0 Å². The summed E-state index contributed by atoms with van der Waals surface area (Å²) in [6, 6.07) is 3.69. The molecule has 1 unspecified atom stereocenters. The van der Waals surface area contributed by atoms with Gasteiger partial charge >= 0.3 is 0 Å². The highest BCUT2D eigenvalue weighted by molar-refractivity contribution is 5.92. The van der Waals surface area contributed by atoms with Gasteiger partial charge in [-0.3, -0.25) is 9.59 Å². The third-order valence-corrected chi connectivity index (χ3v) is 3.67. The number of likely N-dealkylation sites (tertiary alicyclic amines) is 1. The number of amides is 2. The molecule has 0 aromatic carbocycles. The van der Waals surface area contributed by atoms with E-state index in [-0.39, 0.29) is 17.7 Å². The van der Waals surface area contributed by atoms with Crippen molar-refractivity contribution < 1.29 is 9.59 Å². The highest BCUT2D eigenvalue weighted by atomic mass is 16.2. The van der Waals surface area contributed by atoms with Crippen molar-refractivity contribution in [2.24, 2.45) is 11.7 Å². The highest BCUT2D eigenvalue weighted by Gasteiger charge is 2.28. The maximum absolute atomic E-state index is 12.3. The molecule has 0 bridgehead atoms. The van der Waals surface area contributed by atoms with Crippen LogP contribution in [0.5, 0.6) is 0 Å². The summed E-state index contributed by atoms with van der Waals surface area (Å²) in [7, 11) is 0. The van der Waals surface area contributed by atoms with Crippen LogP contribution in [-0.2, 0) is 9.59 Å². The van der Waals surface area contributed by atoms with Crippen molar-refractivity contribution in [2.45, 2.75) is 26.2 Å². The standard InChI is InChI=1S/C15H22N4O2/c1-11-4-5-13(17-9-11)18-15(21)12-3-2-8-19(10-12)14(20)6-7-16/h4-5,9,12H,2-3,6-8,10,16H2,1H3,(H,17,18,21). The number of piperidine rings is 1. The number of nitrogens with two attached hydrogens (primary N) is 1. The van der Waals surface area contributed by atoms with Gasteiger partial charge in [0, 0.05) is 32.3 Å². The quantitative estimate of drug-likeness (QED) is 0.863. The molecule has 2 amide bonds. The molecule has 1 atom stereocenters. The normalized spacial score (nSPS) is 18.4. The molecule has 3 N–H and O–H groups in total. The van der Waals surface area contributed by atoms with E-state index < -0.39 is 0 Å². The molecule has 0 saturated carbocycles. The summed E-state index contributed by atoms with van der Waals surface area (Å²) in [4.78, 5) is 30.0. The first-order valence-electron chi connectivity index (χ1n) is 7.31. The third kappa shape index (κ3) is 4.26. The minimum absolute atomic E-state index is 0.0310. The van der Waals surface area contributed by atoms with E-state index in [1.807, 2.05) is 13.0 Å². The first kappa shape index (κ1) is 15.4. The Bertz CT molecular complexity index is 501. The Balaban J connectivity index is 1.92. The lowest BCUT2D eigenvalue weighted by atomic mass is 9.97. The fourth-order valence-electron chi connectivity index (χ4n) is 2.47. The van der Waals surface area contributed by atoms with Crippen LogP contribution in [0.15, 0.2) is 18.3 Å². The van der Waals surface area contributed by atoms with Gasteiger partial charge in [-0.05, 0) is 31.4 Å². The van der Waals surface area contributed by atoms with Gasteiger partial charge in [-0.1, -0.05) is 6.07 Å². The van der Waals surface area contributed by atoms with Gasteiger partial charge in [-0.25, -0.2) is 4.98 Å². The molecule has 0 aliphatic carbocycles. The second-order valence-electron chi connectivity index (χ2n) is 5.43. The van der Waals surface area contributed by atoms with E-state index in [4.69, 9.17) is 5.73 Å². The number of nitrogens with one attached hydrogen (secondary N) is 1. The average molecular weight is 290 g/mol. The van der Waals surface area contributed by atoms with E-state index in [1.54, 1.807) is 17.2 Å². The topological polar surface area (TPSA) is 88.3 Å². The average Bonchev–Trinajstić information content (AvgIpc) is 2.50. The molecule has 2 heterocycles. The van der Waals surface area contributed by atoms with E-state index in [2.05, 4.69) is 10.3 Å². The van der Waals surface area contributed by atoms with Crippen LogP contribution >= 0.6 is 0 Å². The molecule has 1 aliphatic rings. The number of aromatic nitrogens is 1. The Kier molecular flexibility index (Phi) is 5.27. The Hall–Kier alpha value is -1.95. The third-order valence-electron chi connectivity index (χ3n) is 3.67. The number of hydrogen-bond acceptors (Lipinski definition) is 4. The molecule has 1 fully saturated rings. The van der Waals surface area contributed by atoms with Crippen molar-refractivity contribution in [1.82, 2.24) is 9.88 Å². The summed E-state index contributed by atoms with van der Waals surface area (Å²) in [5.41, 5.74) is 6.46. The summed E-state index contributed by atoms with van der Waals surface area (Å²) >= 11 is 0. The van der Waals surface area contributed by atoms with Gasteiger partial charge in [0.05, 0.1) is 5.92 Å². The molecule has 2 rings (SSSR count). The number of pyridine rings is 1. The van der Waals surface area contributed by atoms with E-state index >= 15 is 0 Å². The molecule has 1 aromatic rings. The number of hydrogen-bond donors (Lipinski definition) is 2. The predicted octanol–water partition coefficient (Wildman–Crippen LogP) is 0.916. The van der Waals surface area contributed by atoms with Crippen LogP contribution in [0.4, 0.5) is 5.82 Å². The summed E-state index contributed by atoms with van der Waals surface area (Å²) < 4.78 is 0. The van der Waals surface area contributed by atoms with Crippen molar-refractivity contribution in [2.75, 3.05) is 25.0 Å². The van der Waals surface area contributed by atoms with Crippen molar-refractivity contribution in [3.05, 3.63) is 23.9 Å². The van der Waals surface area contributed by atoms with Gasteiger partial charge in [0.2, 0.25) is 11.8 Å². The van der Waals surface area contributed by atoms with Crippen LogP contribution in [0, 0.1) is 12.8 Å². The number of carbonyl (C=O) groups is 2. The molecular formula is C15H22N4O2. The van der Waals surface area contributed by atoms with Gasteiger partial charge in [0.15, 0.2) is 0 Å². The van der Waals surface area contributed by atoms with Crippen molar-refractivity contribution in [3.63, 3.8) is 0 Å². The van der Waals surface area contributed by atoms with Gasteiger partial charge in [0.1, 0.15) is 5.82 Å². The number of anilines is 1. The Morgan fingerprint density at radius 1 is 1.48 bits per heavy atom. The number of nitrogens with zero attached hydrogens (tertiary/aromatic N) is 2. The van der Waals surface area contributed by atoms with E-state index in [1.165, 1.54) is 0 Å². The van der Waals surface area contributed by atoms with E-state index in [0.29, 0.717) is 31.9 Å². The van der Waals surface area contributed by atoms with E-state index in [0.717, 1.165) is 18.4 Å². The number of aryl methyl sites for hydroxylation is 1. The summed E-state index contributed by atoms with van der Waals surface area (Å²) in [5, 5.41) is 2.82. The van der Waals surface area contributed by atoms with Gasteiger partial charge in [-0.15, -0.1) is 0 Å². The molecule has 1 aromatic heterocycles. The summed E-state index contributed by atoms with van der Waals surface area (Å²) in [6.07, 6.45) is 3.70. The molecular weight excluding hydrogens is 268 g/mol. The predicted molar refractivity (Wildman–Crippen MR) is 80.6 cm³/mol. The summed E-state index contributed by atoms with van der Waals surface area (Å²) in [6.45, 7) is 3.47. The first-order valence-corrected chi connectivity index (χ1v) is 7.31. The Labute approximate surface area is 124 Å². The lowest BCUT2D eigenvalue weighted by Crippen LogP contribution is -2.44. The minimum atomic E-state index is -0.177. The molecule has 0 radical (unpaired) electrons. The summed E-state index contributed by atoms with van der Waals surface area (Å²) in [5.74, 6) is 0.333. The van der Waals surface area contributed by atoms with Crippen molar-refractivity contribution in [1.29, 1.82) is 0 Å². The SMILES string of the molecule is Cc1ccc(NC(=O)C2CCCN(C(=O)CCN)C2)nc1. The van der Waals surface area contributed by atoms with Gasteiger partial charge in [-0.2, -0.15) is 0 Å². The zero-order valence-electron chi connectivity index (χ0n) is 12.3. The van der Waals surface area contributed by atoms with Crippen LogP contribution in [0.25, 0.3) is 0 Å². The van der Waals surface area contributed by atoms with Crippen molar-refractivity contribution in [3.8, 4) is 0 Å². The second kappa shape index (κ2) is 7.17. The maximum Gasteiger partial charge on any atom is 0.230 e. The molecule has 6 heteroatoms. The van der Waals surface area contributed by atoms with Gasteiger partial charge < -0.3 is 16.0 Å². The van der Waals surface area contributed by atoms with Gasteiger partial charge in [0.25, 0.3) is 0 Å². The van der Waals surface area contributed by atoms with E-state index in [9.17, 15) is 9.59 Å². The highest BCUT2D eigenvalue weighted by Crippen LogP contribution is 2.19. The van der Waals surface area contributed by atoms with Crippen LogP contribution < -0.4 is 11.1 Å². The first-order chi connectivity index (χ1) is 10.1. The smallest absolute Gasteiger partial charge is 0.230 e. The Morgan fingerprint density at radius 2 is 2.29 bits per heavy atom. The largest absolute Gasteiger partial charge is 0.342 e. The molecule has 0 spiro atoms. The van der Waals surface area contributed by atoms with Crippen molar-refractivity contribution >= 4 is 17.6 Å². The fraction of sp³-hybridized carbons (Fsp3) is 0.533. The molecule has 6 nitrogen and oxygen atoms in total. The number of rotatable bonds is 4. The fourth-order valence-corrected chi connectivity index (χ4v) is 2.47. The lowest BCUT2D eigenvalue weighted by molar-refractivity contribution is -0.134. The molecule has 1 saturated heterocycles. The molecule has 1 aliphatic heterocycles. The second-order valence-corrected chi connectivity index (χ2v) is 5.43. The monoisotopic (exact) mass is 290 g/mol. The Morgan fingerprint density at radius 3 is 2.95 bits per heavy atom. The number of carbonyl (C=O) groups excluding carboxylic acids is 2. The molecule has 114 valence electrons. The zero-order chi connectivity index (χ0) is 15.2. The van der Waals surface area contributed by atoms with Crippen LogP contribution in [0.3, 0.4) is 0 Å². The lowest BCUT2D eigenvalue weighted by Gasteiger charge is -2.32.